The molecule has 5 aromatic rings. The molecule has 0 unspecified atom stereocenters. The molecule has 1 amide bonds. The maximum absolute atomic E-state index is 13.5. The molecule has 0 aliphatic rings. The number of hydrogen-bond acceptors (Lipinski definition) is 5. The van der Waals surface area contributed by atoms with Crippen LogP contribution >= 0.6 is 11.6 Å². The number of methoxy groups -OCH3 is 1. The van der Waals surface area contributed by atoms with Crippen molar-refractivity contribution in [2.24, 2.45) is 0 Å². The second-order valence-electron chi connectivity index (χ2n) is 11.7. The zero-order chi connectivity index (χ0) is 32.0. The fourth-order valence-electron chi connectivity index (χ4n) is 5.57. The van der Waals surface area contributed by atoms with Crippen LogP contribution in [0.4, 0.5) is 5.82 Å². The standard InChI is InChI=1S/C36H35ClN4O3Si/c1-36(2,3)45(30-11-7-5-8-12-30,31-13-9-6-10-14-31)44-32(23-38)33-34(40-35(42)27-17-19-28(37)20-18-27)41(25-39-33)24-26-15-21-29(43-4)22-16-26/h5-22,25,32H,24H2,1-4H3,(H,40,42)/t32-/m0/s1. The average molecular weight is 635 g/mol. The molecule has 0 bridgehead atoms. The van der Waals surface area contributed by atoms with Crippen LogP contribution in [0.2, 0.25) is 10.1 Å². The van der Waals surface area contributed by atoms with Crippen molar-refractivity contribution in [3.63, 3.8) is 0 Å². The van der Waals surface area contributed by atoms with Crippen molar-refractivity contribution in [2.45, 2.75) is 38.5 Å². The van der Waals surface area contributed by atoms with Crippen LogP contribution in [-0.4, -0.2) is 30.9 Å². The highest BCUT2D eigenvalue weighted by Crippen LogP contribution is 2.40. The molecule has 0 spiro atoms. The molecule has 228 valence electrons. The fraction of sp³-hybridized carbons (Fsp3) is 0.194. The summed E-state index contributed by atoms with van der Waals surface area (Å²) < 4.78 is 14.3. The number of rotatable bonds is 10. The van der Waals surface area contributed by atoms with Crippen LogP contribution in [0.1, 0.15) is 48.5 Å². The molecular formula is C36H35ClN4O3Si. The van der Waals surface area contributed by atoms with E-state index in [1.165, 1.54) is 0 Å². The smallest absolute Gasteiger partial charge is 0.263 e. The van der Waals surface area contributed by atoms with Crippen molar-refractivity contribution in [3.05, 3.63) is 137 Å². The Morgan fingerprint density at radius 2 is 1.51 bits per heavy atom. The van der Waals surface area contributed by atoms with Gasteiger partial charge in [-0.2, -0.15) is 5.26 Å². The lowest BCUT2D eigenvalue weighted by Gasteiger charge is -2.43. The van der Waals surface area contributed by atoms with Crippen molar-refractivity contribution in [1.29, 1.82) is 5.26 Å². The maximum atomic E-state index is 13.5. The normalized spacial score (nSPS) is 12.3. The first-order chi connectivity index (χ1) is 21.7. The van der Waals surface area contributed by atoms with Gasteiger partial charge in [0, 0.05) is 10.6 Å². The predicted octanol–water partition coefficient (Wildman–Crippen LogP) is 6.99. The third kappa shape index (κ3) is 6.71. The lowest BCUT2D eigenvalue weighted by molar-refractivity contribution is 0.102. The van der Waals surface area contributed by atoms with E-state index in [-0.39, 0.29) is 10.9 Å². The van der Waals surface area contributed by atoms with Gasteiger partial charge in [0.05, 0.1) is 20.0 Å². The minimum atomic E-state index is -3.14. The SMILES string of the molecule is COc1ccc(Cn2cnc([C@H](C#N)O[Si](c3ccccc3)(c3ccccc3)C(C)(C)C)c2NC(=O)c2ccc(Cl)cc2)cc1. The predicted molar refractivity (Wildman–Crippen MR) is 181 cm³/mol. The van der Waals surface area contributed by atoms with E-state index >= 15 is 0 Å². The van der Waals surface area contributed by atoms with Gasteiger partial charge in [-0.25, -0.2) is 4.98 Å². The van der Waals surface area contributed by atoms with E-state index in [1.807, 2.05) is 65.2 Å². The molecule has 1 atom stereocenters. The molecule has 1 heterocycles. The Morgan fingerprint density at radius 1 is 0.933 bits per heavy atom. The van der Waals surface area contributed by atoms with E-state index in [2.05, 4.69) is 56.4 Å². The minimum absolute atomic E-state index is 0.335. The zero-order valence-corrected chi connectivity index (χ0v) is 27.5. The van der Waals surface area contributed by atoms with Crippen LogP contribution in [0.3, 0.4) is 0 Å². The lowest BCUT2D eigenvalue weighted by atomic mass is 10.2. The van der Waals surface area contributed by atoms with Crippen LogP contribution < -0.4 is 20.4 Å². The van der Waals surface area contributed by atoms with Crippen molar-refractivity contribution in [2.75, 3.05) is 12.4 Å². The lowest BCUT2D eigenvalue weighted by Crippen LogP contribution is -2.66. The van der Waals surface area contributed by atoms with E-state index in [4.69, 9.17) is 25.7 Å². The molecule has 7 nitrogen and oxygen atoms in total. The van der Waals surface area contributed by atoms with Crippen LogP contribution in [0.25, 0.3) is 0 Å². The number of nitriles is 1. The molecule has 4 aromatic carbocycles. The van der Waals surface area contributed by atoms with Gasteiger partial charge in [-0.05, 0) is 57.4 Å². The fourth-order valence-corrected chi connectivity index (χ4v) is 10.2. The van der Waals surface area contributed by atoms with Gasteiger partial charge in [0.15, 0.2) is 6.10 Å². The largest absolute Gasteiger partial charge is 0.497 e. The van der Waals surface area contributed by atoms with Crippen molar-refractivity contribution in [1.82, 2.24) is 9.55 Å². The summed E-state index contributed by atoms with van der Waals surface area (Å²) in [7, 11) is -1.52. The number of imidazole rings is 1. The van der Waals surface area contributed by atoms with Gasteiger partial charge >= 0.3 is 0 Å². The summed E-state index contributed by atoms with van der Waals surface area (Å²) in [4.78, 5) is 18.2. The van der Waals surface area contributed by atoms with Crippen LogP contribution in [0.5, 0.6) is 5.75 Å². The second kappa shape index (κ2) is 13.5. The van der Waals surface area contributed by atoms with E-state index < -0.39 is 14.4 Å². The summed E-state index contributed by atoms with van der Waals surface area (Å²) in [5.41, 5.74) is 1.72. The molecule has 0 aliphatic carbocycles. The summed E-state index contributed by atoms with van der Waals surface area (Å²) >= 11 is 6.08. The Morgan fingerprint density at radius 3 is 2.02 bits per heavy atom. The zero-order valence-electron chi connectivity index (χ0n) is 25.7. The number of halogens is 1. The van der Waals surface area contributed by atoms with E-state index in [1.54, 1.807) is 37.7 Å². The summed E-state index contributed by atoms with van der Waals surface area (Å²) in [5.74, 6) is 0.770. The Kier molecular flexibility index (Phi) is 9.54. The van der Waals surface area contributed by atoms with Crippen LogP contribution in [-0.2, 0) is 11.0 Å². The monoisotopic (exact) mass is 634 g/mol. The van der Waals surface area contributed by atoms with Crippen molar-refractivity contribution < 1.29 is 14.0 Å². The Hall–Kier alpha value is -4.68. The number of nitrogens with one attached hydrogen (secondary N) is 1. The highest BCUT2D eigenvalue weighted by molar-refractivity contribution is 6.99. The number of hydrogen-bond donors (Lipinski definition) is 1. The maximum Gasteiger partial charge on any atom is 0.263 e. The Balaban J connectivity index is 1.62. The molecule has 0 aliphatic heterocycles. The van der Waals surface area contributed by atoms with E-state index in [0.717, 1.165) is 21.7 Å². The molecule has 9 heteroatoms. The number of ether oxygens (including phenoxy) is 1. The number of benzene rings is 4. The Labute approximate surface area is 270 Å². The number of aromatic nitrogens is 2. The van der Waals surface area contributed by atoms with Gasteiger partial charge in [-0.1, -0.05) is 105 Å². The molecule has 1 aromatic heterocycles. The summed E-state index contributed by atoms with van der Waals surface area (Å²) in [6, 6.07) is 36.9. The molecule has 0 saturated carbocycles. The minimum Gasteiger partial charge on any atom is -0.497 e. The van der Waals surface area contributed by atoms with Crippen LogP contribution in [0, 0.1) is 11.3 Å². The van der Waals surface area contributed by atoms with Gasteiger partial charge in [-0.15, -0.1) is 0 Å². The first-order valence-corrected chi connectivity index (χ1v) is 16.9. The third-order valence-corrected chi connectivity index (χ3v) is 13.0. The first-order valence-electron chi connectivity index (χ1n) is 14.6. The molecule has 0 radical (unpaired) electrons. The number of carbonyl (C=O) groups excluding carboxylic acids is 1. The van der Waals surface area contributed by atoms with Gasteiger partial charge in [0.2, 0.25) is 0 Å². The van der Waals surface area contributed by atoms with Crippen molar-refractivity contribution in [3.8, 4) is 11.8 Å². The average Bonchev–Trinajstić information content (AvgIpc) is 3.43. The first kappa shape index (κ1) is 31.7. The molecule has 0 fully saturated rings. The van der Waals surface area contributed by atoms with Gasteiger partial charge in [-0.3, -0.25) is 4.79 Å². The number of carbonyl (C=O) groups is 1. The molecule has 0 saturated heterocycles. The number of nitrogens with zero attached hydrogens (tertiary/aromatic N) is 3. The number of anilines is 1. The van der Waals surface area contributed by atoms with E-state index in [0.29, 0.717) is 28.6 Å². The molecular weight excluding hydrogens is 600 g/mol. The van der Waals surface area contributed by atoms with Crippen molar-refractivity contribution >= 4 is 42.0 Å². The third-order valence-electron chi connectivity index (χ3n) is 7.79. The topological polar surface area (TPSA) is 89.2 Å². The van der Waals surface area contributed by atoms with Gasteiger partial charge < -0.3 is 19.0 Å². The molecule has 5 rings (SSSR count). The quantitative estimate of drug-likeness (QED) is 0.167. The van der Waals surface area contributed by atoms with Crippen LogP contribution in [0.15, 0.2) is 116 Å². The molecule has 45 heavy (non-hydrogen) atoms. The number of amides is 1. The molecule has 1 N–H and O–H groups in total. The highest BCUT2D eigenvalue weighted by atomic mass is 35.5. The summed E-state index contributed by atoms with van der Waals surface area (Å²) in [6.07, 6.45) is 0.546. The van der Waals surface area contributed by atoms with E-state index in [9.17, 15) is 10.1 Å². The Bertz CT molecular complexity index is 1740. The van der Waals surface area contributed by atoms with Gasteiger partial charge in [0.1, 0.15) is 23.3 Å². The second-order valence-corrected chi connectivity index (χ2v) is 16.4. The highest BCUT2D eigenvalue weighted by Gasteiger charge is 2.52. The van der Waals surface area contributed by atoms with Gasteiger partial charge in [0.25, 0.3) is 14.2 Å². The summed E-state index contributed by atoms with van der Waals surface area (Å²) in [6.45, 7) is 6.85. The summed E-state index contributed by atoms with van der Waals surface area (Å²) in [5, 5.41) is 16.0.